The number of aryl methyl sites for hydroxylation is 1. The van der Waals surface area contributed by atoms with Gasteiger partial charge in [-0.1, -0.05) is 0 Å². The Morgan fingerprint density at radius 1 is 1.64 bits per heavy atom. The molecule has 1 heterocycles. The lowest BCUT2D eigenvalue weighted by atomic mass is 9.94. The molecule has 0 saturated carbocycles. The quantitative estimate of drug-likeness (QED) is 0.829. The normalized spacial score (nSPS) is 20.9. The first-order chi connectivity index (χ1) is 6.83. The van der Waals surface area contributed by atoms with Crippen molar-refractivity contribution < 1.29 is 0 Å². The van der Waals surface area contributed by atoms with Gasteiger partial charge in [0.1, 0.15) is 0 Å². The summed E-state index contributed by atoms with van der Waals surface area (Å²) in [6, 6.07) is 2.49. The van der Waals surface area contributed by atoms with Crippen LogP contribution < -0.4 is 5.73 Å². The average Bonchev–Trinajstić information content (AvgIpc) is 2.60. The smallest absolute Gasteiger partial charge is 0.0313 e. The highest BCUT2D eigenvalue weighted by Crippen LogP contribution is 2.28. The SMILES string of the molecule is CSCCn1ccc2c1CCCC2N. The second kappa shape index (κ2) is 4.41. The molecule has 2 N–H and O–H groups in total. The molecule has 0 saturated heterocycles. The maximum atomic E-state index is 6.07. The summed E-state index contributed by atoms with van der Waals surface area (Å²) >= 11 is 1.90. The van der Waals surface area contributed by atoms with E-state index in [1.807, 2.05) is 11.8 Å². The van der Waals surface area contributed by atoms with Crippen LogP contribution in [0.3, 0.4) is 0 Å². The van der Waals surface area contributed by atoms with Crippen LogP contribution in [0.1, 0.15) is 30.1 Å². The van der Waals surface area contributed by atoms with Crippen molar-refractivity contribution in [2.45, 2.75) is 31.8 Å². The minimum Gasteiger partial charge on any atom is -0.350 e. The van der Waals surface area contributed by atoms with E-state index in [4.69, 9.17) is 5.73 Å². The molecule has 2 nitrogen and oxygen atoms in total. The summed E-state index contributed by atoms with van der Waals surface area (Å²) in [4.78, 5) is 0. The van der Waals surface area contributed by atoms with Crippen LogP contribution >= 0.6 is 11.8 Å². The maximum absolute atomic E-state index is 6.07. The fourth-order valence-electron chi connectivity index (χ4n) is 2.19. The Morgan fingerprint density at radius 3 is 3.29 bits per heavy atom. The second-order valence-electron chi connectivity index (χ2n) is 3.90. The Bertz CT molecular complexity index is 306. The van der Waals surface area contributed by atoms with Gasteiger partial charge in [0, 0.05) is 30.2 Å². The van der Waals surface area contributed by atoms with E-state index in [2.05, 4.69) is 23.1 Å². The van der Waals surface area contributed by atoms with Crippen molar-refractivity contribution in [3.05, 3.63) is 23.5 Å². The third-order valence-corrected chi connectivity index (χ3v) is 3.57. The van der Waals surface area contributed by atoms with E-state index >= 15 is 0 Å². The Labute approximate surface area is 89.9 Å². The lowest BCUT2D eigenvalue weighted by Gasteiger charge is -2.20. The predicted octanol–water partition coefficient (Wildman–Crippen LogP) is 2.19. The highest BCUT2D eigenvalue weighted by Gasteiger charge is 2.19. The summed E-state index contributed by atoms with van der Waals surface area (Å²) < 4.78 is 2.38. The van der Waals surface area contributed by atoms with Crippen LogP contribution in [0.4, 0.5) is 0 Å². The third-order valence-electron chi connectivity index (χ3n) is 2.98. The van der Waals surface area contributed by atoms with Gasteiger partial charge in [0.05, 0.1) is 0 Å². The highest BCUT2D eigenvalue weighted by atomic mass is 32.2. The molecular formula is C11H18N2S. The molecule has 1 aromatic heterocycles. The van der Waals surface area contributed by atoms with Crippen molar-refractivity contribution in [2.24, 2.45) is 5.73 Å². The average molecular weight is 210 g/mol. The van der Waals surface area contributed by atoms with Gasteiger partial charge < -0.3 is 10.3 Å². The first kappa shape index (κ1) is 10.1. The number of thioether (sulfide) groups is 1. The molecule has 0 bridgehead atoms. The number of rotatable bonds is 3. The maximum Gasteiger partial charge on any atom is 0.0313 e. The van der Waals surface area contributed by atoms with Crippen molar-refractivity contribution in [3.8, 4) is 0 Å². The van der Waals surface area contributed by atoms with Crippen LogP contribution in [0.2, 0.25) is 0 Å². The molecule has 2 rings (SSSR count). The van der Waals surface area contributed by atoms with Crippen LogP contribution in [0.5, 0.6) is 0 Å². The first-order valence-electron chi connectivity index (χ1n) is 5.25. The fraction of sp³-hybridized carbons (Fsp3) is 0.636. The van der Waals surface area contributed by atoms with E-state index in [1.165, 1.54) is 29.9 Å². The van der Waals surface area contributed by atoms with E-state index in [0.717, 1.165) is 13.0 Å². The molecule has 78 valence electrons. The molecule has 0 aromatic carbocycles. The van der Waals surface area contributed by atoms with E-state index < -0.39 is 0 Å². The van der Waals surface area contributed by atoms with Gasteiger partial charge in [-0.25, -0.2) is 0 Å². The van der Waals surface area contributed by atoms with Crippen molar-refractivity contribution in [3.63, 3.8) is 0 Å². The minimum absolute atomic E-state index is 0.286. The molecule has 0 radical (unpaired) electrons. The van der Waals surface area contributed by atoms with Crippen molar-refractivity contribution in [1.29, 1.82) is 0 Å². The van der Waals surface area contributed by atoms with E-state index in [9.17, 15) is 0 Å². The van der Waals surface area contributed by atoms with Crippen LogP contribution in [-0.4, -0.2) is 16.6 Å². The number of fused-ring (bicyclic) bond motifs is 1. The molecule has 1 atom stereocenters. The van der Waals surface area contributed by atoms with E-state index in [1.54, 1.807) is 0 Å². The number of nitrogens with zero attached hydrogens (tertiary/aromatic N) is 1. The van der Waals surface area contributed by atoms with Crippen LogP contribution in [0.15, 0.2) is 12.3 Å². The Morgan fingerprint density at radius 2 is 2.50 bits per heavy atom. The van der Waals surface area contributed by atoms with Gasteiger partial charge >= 0.3 is 0 Å². The summed E-state index contributed by atoms with van der Waals surface area (Å²) in [6.45, 7) is 1.13. The predicted molar refractivity (Wildman–Crippen MR) is 62.7 cm³/mol. The van der Waals surface area contributed by atoms with Gasteiger partial charge in [0.2, 0.25) is 0 Å². The molecule has 0 aliphatic heterocycles. The van der Waals surface area contributed by atoms with Crippen molar-refractivity contribution in [1.82, 2.24) is 4.57 Å². The lowest BCUT2D eigenvalue weighted by molar-refractivity contribution is 0.545. The molecule has 1 unspecified atom stereocenters. The van der Waals surface area contributed by atoms with Crippen LogP contribution in [0, 0.1) is 0 Å². The topological polar surface area (TPSA) is 30.9 Å². The zero-order chi connectivity index (χ0) is 9.97. The van der Waals surface area contributed by atoms with Crippen LogP contribution in [0.25, 0.3) is 0 Å². The number of aromatic nitrogens is 1. The first-order valence-corrected chi connectivity index (χ1v) is 6.64. The van der Waals surface area contributed by atoms with Gasteiger partial charge in [0.15, 0.2) is 0 Å². The third kappa shape index (κ3) is 1.84. The van der Waals surface area contributed by atoms with Gasteiger partial charge in [-0.2, -0.15) is 11.8 Å². The summed E-state index contributed by atoms with van der Waals surface area (Å²) in [6.07, 6.45) is 7.97. The van der Waals surface area contributed by atoms with Gasteiger partial charge in [0.25, 0.3) is 0 Å². The summed E-state index contributed by atoms with van der Waals surface area (Å²) in [5.41, 5.74) is 8.94. The van der Waals surface area contributed by atoms with Gasteiger partial charge in [-0.15, -0.1) is 0 Å². The molecule has 0 spiro atoms. The molecule has 1 aliphatic carbocycles. The Kier molecular flexibility index (Phi) is 3.19. The monoisotopic (exact) mass is 210 g/mol. The zero-order valence-electron chi connectivity index (χ0n) is 8.70. The number of hydrogen-bond donors (Lipinski definition) is 1. The standard InChI is InChI=1S/C11H18N2S/c1-14-8-7-13-6-5-9-10(12)3-2-4-11(9)13/h5-6,10H,2-4,7-8,12H2,1H3. The Hall–Kier alpha value is -0.410. The zero-order valence-corrected chi connectivity index (χ0v) is 9.52. The molecule has 0 fully saturated rings. The Balaban J connectivity index is 2.18. The van der Waals surface area contributed by atoms with Crippen LogP contribution in [-0.2, 0) is 13.0 Å². The largest absolute Gasteiger partial charge is 0.350 e. The van der Waals surface area contributed by atoms with Gasteiger partial charge in [-0.3, -0.25) is 0 Å². The van der Waals surface area contributed by atoms with E-state index in [0.29, 0.717) is 0 Å². The van der Waals surface area contributed by atoms with E-state index in [-0.39, 0.29) is 6.04 Å². The minimum atomic E-state index is 0.286. The summed E-state index contributed by atoms with van der Waals surface area (Å²) in [7, 11) is 0. The molecule has 14 heavy (non-hydrogen) atoms. The summed E-state index contributed by atoms with van der Waals surface area (Å²) in [5.74, 6) is 1.19. The lowest BCUT2D eigenvalue weighted by Crippen LogP contribution is -2.18. The second-order valence-corrected chi connectivity index (χ2v) is 4.89. The van der Waals surface area contributed by atoms with Gasteiger partial charge in [-0.05, 0) is 37.1 Å². The van der Waals surface area contributed by atoms with Crippen molar-refractivity contribution >= 4 is 11.8 Å². The van der Waals surface area contributed by atoms with Crippen molar-refractivity contribution in [2.75, 3.05) is 12.0 Å². The molecule has 1 aliphatic rings. The molecule has 1 aromatic rings. The molecular weight excluding hydrogens is 192 g/mol. The number of hydrogen-bond acceptors (Lipinski definition) is 2. The molecule has 3 heteroatoms. The highest BCUT2D eigenvalue weighted by molar-refractivity contribution is 7.98. The summed E-state index contributed by atoms with van der Waals surface area (Å²) in [5, 5.41) is 0. The number of nitrogens with two attached hydrogens (primary N) is 1. The molecule has 0 amide bonds. The fourth-order valence-corrected chi connectivity index (χ4v) is 2.57.